The summed E-state index contributed by atoms with van der Waals surface area (Å²) in [6.45, 7) is 4.43. The largest absolute Gasteiger partial charge is 0.357 e. The number of halogens is 1. The Balaban J connectivity index is 1.58. The molecule has 0 radical (unpaired) electrons. The van der Waals surface area contributed by atoms with Crippen LogP contribution in [0.5, 0.6) is 0 Å². The van der Waals surface area contributed by atoms with Gasteiger partial charge in [-0.25, -0.2) is 4.39 Å². The lowest BCUT2D eigenvalue weighted by atomic mass is 9.61. The molecule has 2 N–H and O–H groups in total. The summed E-state index contributed by atoms with van der Waals surface area (Å²) in [6.07, 6.45) is 7.78. The van der Waals surface area contributed by atoms with E-state index in [0.29, 0.717) is 0 Å². The number of aromatic nitrogens is 2. The van der Waals surface area contributed by atoms with Gasteiger partial charge in [-0.3, -0.25) is 0 Å². The van der Waals surface area contributed by atoms with Crippen molar-refractivity contribution in [1.82, 2.24) is 14.9 Å². The van der Waals surface area contributed by atoms with Crippen molar-refractivity contribution in [3.63, 3.8) is 0 Å². The normalized spacial score (nSPS) is 20.9. The minimum Gasteiger partial charge on any atom is -0.357 e. The van der Waals surface area contributed by atoms with Gasteiger partial charge in [-0.1, -0.05) is 68.0 Å². The third kappa shape index (κ3) is 4.77. The number of para-hydroxylation sites is 1. The number of unbranched alkanes of at least 4 members (excludes halogenated alkanes) is 1. The van der Waals surface area contributed by atoms with E-state index in [1.54, 1.807) is 12.1 Å². The Morgan fingerprint density at radius 2 is 1.49 bits per heavy atom. The number of nitrogens with one attached hydrogen (secondary N) is 2. The molecule has 3 aromatic carbocycles. The summed E-state index contributed by atoms with van der Waals surface area (Å²) in [5.74, 6) is 6.88. The van der Waals surface area contributed by atoms with Crippen molar-refractivity contribution < 1.29 is 4.39 Å². The lowest BCUT2D eigenvalue weighted by molar-refractivity contribution is 0.0644. The van der Waals surface area contributed by atoms with E-state index in [2.05, 4.69) is 91.0 Å². The number of fused-ring (bicyclic) bond motifs is 2. The molecule has 2 heterocycles. The SMILES string of the molecule is CCCCC1(N(C)C)CCC(c2[nH]c3ccc(F)cc3c2C)(c2[nH]c3ccccc3c2C#Cc2ccccc2)CC1. The maximum absolute atomic E-state index is 14.4. The minimum absolute atomic E-state index is 0.174. The third-order valence-electron chi connectivity index (χ3n) is 9.77. The Morgan fingerprint density at radius 3 is 2.22 bits per heavy atom. The fourth-order valence-corrected chi connectivity index (χ4v) is 7.26. The van der Waals surface area contributed by atoms with E-state index in [0.717, 1.165) is 64.2 Å². The molecule has 1 saturated carbocycles. The fourth-order valence-electron chi connectivity index (χ4n) is 7.26. The van der Waals surface area contributed by atoms with Crippen LogP contribution < -0.4 is 0 Å². The number of hydrogen-bond donors (Lipinski definition) is 2. The number of H-pyrrole nitrogens is 2. The second-order valence-electron chi connectivity index (χ2n) is 12.2. The molecular weight excluding hydrogens is 505 g/mol. The van der Waals surface area contributed by atoms with Crippen LogP contribution in [0.3, 0.4) is 0 Å². The summed E-state index contributed by atoms with van der Waals surface area (Å²) in [6, 6.07) is 23.8. The van der Waals surface area contributed by atoms with Gasteiger partial charge in [-0.2, -0.15) is 0 Å². The van der Waals surface area contributed by atoms with Crippen molar-refractivity contribution in [3.05, 3.63) is 107 Å². The first-order valence-electron chi connectivity index (χ1n) is 15.0. The van der Waals surface area contributed by atoms with E-state index in [4.69, 9.17) is 0 Å². The highest BCUT2D eigenvalue weighted by Crippen LogP contribution is 2.52. The first-order valence-corrected chi connectivity index (χ1v) is 15.0. The molecule has 41 heavy (non-hydrogen) atoms. The minimum atomic E-state index is -0.301. The van der Waals surface area contributed by atoms with Gasteiger partial charge in [-0.05, 0) is 95.1 Å². The van der Waals surface area contributed by atoms with Gasteiger partial charge < -0.3 is 14.9 Å². The summed E-state index contributed by atoms with van der Waals surface area (Å²) in [7, 11) is 4.50. The number of nitrogens with zero attached hydrogens (tertiary/aromatic N) is 1. The molecule has 210 valence electrons. The van der Waals surface area contributed by atoms with Crippen LogP contribution in [0.15, 0.2) is 72.8 Å². The van der Waals surface area contributed by atoms with Crippen LogP contribution in [-0.4, -0.2) is 34.5 Å². The molecule has 0 bridgehead atoms. The Kier molecular flexibility index (Phi) is 7.26. The quantitative estimate of drug-likeness (QED) is 0.205. The Bertz CT molecular complexity index is 1740. The highest BCUT2D eigenvalue weighted by molar-refractivity contribution is 5.90. The predicted molar refractivity (Wildman–Crippen MR) is 169 cm³/mol. The first-order chi connectivity index (χ1) is 19.9. The molecule has 4 heteroatoms. The van der Waals surface area contributed by atoms with Crippen LogP contribution in [0.4, 0.5) is 4.39 Å². The Morgan fingerprint density at radius 1 is 0.805 bits per heavy atom. The van der Waals surface area contributed by atoms with Gasteiger partial charge in [0.2, 0.25) is 0 Å². The van der Waals surface area contributed by atoms with Gasteiger partial charge in [0.15, 0.2) is 0 Å². The van der Waals surface area contributed by atoms with E-state index in [9.17, 15) is 4.39 Å². The number of rotatable bonds is 6. The van der Waals surface area contributed by atoms with E-state index < -0.39 is 0 Å². The zero-order valence-electron chi connectivity index (χ0n) is 24.7. The summed E-state index contributed by atoms with van der Waals surface area (Å²) in [5, 5.41) is 2.11. The zero-order chi connectivity index (χ0) is 28.6. The summed E-state index contributed by atoms with van der Waals surface area (Å²) in [4.78, 5) is 10.2. The molecule has 1 fully saturated rings. The molecule has 3 nitrogen and oxygen atoms in total. The third-order valence-corrected chi connectivity index (χ3v) is 9.77. The van der Waals surface area contributed by atoms with Crippen molar-refractivity contribution in [1.29, 1.82) is 0 Å². The van der Waals surface area contributed by atoms with Crippen molar-refractivity contribution in [2.45, 2.75) is 69.7 Å². The molecule has 0 atom stereocenters. The van der Waals surface area contributed by atoms with Gasteiger partial charge in [0, 0.05) is 44.3 Å². The highest BCUT2D eigenvalue weighted by atomic mass is 19.1. The summed E-state index contributed by atoms with van der Waals surface area (Å²) in [5.41, 5.74) is 7.54. The van der Waals surface area contributed by atoms with Crippen LogP contribution in [-0.2, 0) is 5.41 Å². The molecule has 6 rings (SSSR count). The van der Waals surface area contributed by atoms with Gasteiger partial charge in [-0.15, -0.1) is 0 Å². The average Bonchev–Trinajstić information content (AvgIpc) is 3.53. The fraction of sp³-hybridized carbons (Fsp3) is 0.351. The smallest absolute Gasteiger partial charge is 0.123 e. The maximum Gasteiger partial charge on any atom is 0.123 e. The maximum atomic E-state index is 14.4. The van der Waals surface area contributed by atoms with E-state index in [1.807, 2.05) is 24.3 Å². The van der Waals surface area contributed by atoms with Gasteiger partial charge in [0.25, 0.3) is 0 Å². The van der Waals surface area contributed by atoms with Crippen molar-refractivity contribution in [2.75, 3.05) is 14.1 Å². The molecule has 2 aromatic heterocycles. The zero-order valence-corrected chi connectivity index (χ0v) is 24.7. The van der Waals surface area contributed by atoms with Gasteiger partial charge >= 0.3 is 0 Å². The number of aromatic amines is 2. The Labute approximate surface area is 243 Å². The molecule has 0 spiro atoms. The lowest BCUT2D eigenvalue weighted by Crippen LogP contribution is -2.51. The monoisotopic (exact) mass is 545 g/mol. The van der Waals surface area contributed by atoms with Crippen LogP contribution >= 0.6 is 0 Å². The summed E-state index contributed by atoms with van der Waals surface area (Å²) < 4.78 is 14.4. The first kappa shape index (κ1) is 27.4. The van der Waals surface area contributed by atoms with E-state index >= 15 is 0 Å². The Hall–Kier alpha value is -3.81. The van der Waals surface area contributed by atoms with E-state index in [-0.39, 0.29) is 16.8 Å². The summed E-state index contributed by atoms with van der Waals surface area (Å²) >= 11 is 0. The molecule has 0 unspecified atom stereocenters. The second kappa shape index (κ2) is 10.9. The van der Waals surface area contributed by atoms with Gasteiger partial charge in [0.05, 0.1) is 11.0 Å². The average molecular weight is 546 g/mol. The van der Waals surface area contributed by atoms with Crippen LogP contribution in [0.25, 0.3) is 21.8 Å². The molecular formula is C37H40FN3. The molecule has 0 amide bonds. The number of aryl methyl sites for hydroxylation is 1. The topological polar surface area (TPSA) is 34.8 Å². The molecule has 1 aliphatic rings. The lowest BCUT2D eigenvalue weighted by Gasteiger charge is -2.50. The molecule has 0 aliphatic heterocycles. The molecule has 1 aliphatic carbocycles. The standard InChI is InChI=1S/C37H40FN3/c1-5-6-20-36(41(3)4)21-23-37(24-22-36,34-26(2)31-25-28(38)17-19-33(31)39-34)35-30(18-16-27-12-8-7-9-13-27)29-14-10-11-15-32(29)40-35/h7-15,17,19,25,39-40H,5-6,20-24H2,1-4H3. The van der Waals surface area contributed by atoms with Gasteiger partial charge in [0.1, 0.15) is 5.82 Å². The van der Waals surface area contributed by atoms with Crippen molar-refractivity contribution in [3.8, 4) is 11.8 Å². The number of benzene rings is 3. The highest BCUT2D eigenvalue weighted by Gasteiger charge is 2.48. The van der Waals surface area contributed by atoms with Crippen LogP contribution in [0, 0.1) is 24.6 Å². The molecule has 0 saturated heterocycles. The van der Waals surface area contributed by atoms with Crippen molar-refractivity contribution >= 4 is 21.8 Å². The molecule has 5 aromatic rings. The van der Waals surface area contributed by atoms with Crippen molar-refractivity contribution in [2.24, 2.45) is 0 Å². The predicted octanol–water partition coefficient (Wildman–Crippen LogP) is 8.85. The second-order valence-corrected chi connectivity index (χ2v) is 12.2. The van der Waals surface area contributed by atoms with Crippen LogP contribution in [0.2, 0.25) is 0 Å². The van der Waals surface area contributed by atoms with E-state index in [1.165, 1.54) is 30.7 Å². The number of hydrogen-bond acceptors (Lipinski definition) is 1. The van der Waals surface area contributed by atoms with Crippen LogP contribution in [0.1, 0.15) is 79.9 Å².